The normalized spacial score (nSPS) is 9.85. The molecule has 0 bridgehead atoms. The van der Waals surface area contributed by atoms with Crippen molar-refractivity contribution in [3.63, 3.8) is 0 Å². The molecule has 1 heterocycles. The number of benzene rings is 1. The number of nitrogens with one attached hydrogen (secondary N) is 1. The molecule has 0 spiro atoms. The molecule has 2 rings (SSSR count). The van der Waals surface area contributed by atoms with E-state index in [1.165, 1.54) is 18.4 Å². The summed E-state index contributed by atoms with van der Waals surface area (Å²) in [5.74, 6) is 5.31. The van der Waals surface area contributed by atoms with Crippen molar-refractivity contribution in [1.29, 1.82) is 5.26 Å². The highest BCUT2D eigenvalue weighted by molar-refractivity contribution is 6.32. The summed E-state index contributed by atoms with van der Waals surface area (Å²) in [6, 6.07) is 8.11. The van der Waals surface area contributed by atoms with E-state index in [-0.39, 0.29) is 12.2 Å². The first kappa shape index (κ1) is 13.9. The third kappa shape index (κ3) is 2.91. The SMILES string of the molecule is N#Cc1ccc(OCc2occc2C(=O)NN)c(Cl)c1. The summed E-state index contributed by atoms with van der Waals surface area (Å²) >= 11 is 5.97. The topological polar surface area (TPSA) is 101 Å². The van der Waals surface area contributed by atoms with E-state index in [9.17, 15) is 4.79 Å². The molecule has 0 aliphatic carbocycles. The highest BCUT2D eigenvalue weighted by Gasteiger charge is 2.14. The first-order valence-corrected chi connectivity index (χ1v) is 5.93. The zero-order valence-electron chi connectivity index (χ0n) is 10.2. The van der Waals surface area contributed by atoms with Gasteiger partial charge in [-0.2, -0.15) is 5.26 Å². The Balaban J connectivity index is 2.12. The number of carbonyl (C=O) groups excluding carboxylic acids is 1. The second kappa shape index (κ2) is 6.10. The summed E-state index contributed by atoms with van der Waals surface area (Å²) in [5, 5.41) is 9.04. The summed E-state index contributed by atoms with van der Waals surface area (Å²) in [5.41, 5.74) is 2.74. The minimum absolute atomic E-state index is 0.0153. The van der Waals surface area contributed by atoms with Crippen LogP contribution in [0.25, 0.3) is 0 Å². The van der Waals surface area contributed by atoms with Gasteiger partial charge in [0, 0.05) is 0 Å². The Kier molecular flexibility index (Phi) is 4.25. The largest absolute Gasteiger partial charge is 0.484 e. The van der Waals surface area contributed by atoms with Gasteiger partial charge in [-0.05, 0) is 24.3 Å². The Bertz CT molecular complexity index is 676. The van der Waals surface area contributed by atoms with Crippen LogP contribution in [0, 0.1) is 11.3 Å². The lowest BCUT2D eigenvalue weighted by Crippen LogP contribution is -2.30. The Hall–Kier alpha value is -2.49. The Labute approximate surface area is 119 Å². The smallest absolute Gasteiger partial charge is 0.268 e. The number of hydrazine groups is 1. The minimum Gasteiger partial charge on any atom is -0.484 e. The number of carbonyl (C=O) groups is 1. The maximum absolute atomic E-state index is 11.4. The molecule has 2 aromatic rings. The number of rotatable bonds is 4. The van der Waals surface area contributed by atoms with E-state index in [2.05, 4.69) is 0 Å². The van der Waals surface area contributed by atoms with E-state index in [1.54, 1.807) is 12.1 Å². The van der Waals surface area contributed by atoms with Gasteiger partial charge in [-0.15, -0.1) is 0 Å². The molecule has 0 aliphatic rings. The fraction of sp³-hybridized carbons (Fsp3) is 0.0769. The molecular formula is C13H10ClN3O3. The molecule has 0 aliphatic heterocycles. The van der Waals surface area contributed by atoms with E-state index in [4.69, 9.17) is 31.9 Å². The molecular weight excluding hydrogens is 282 g/mol. The van der Waals surface area contributed by atoms with Gasteiger partial charge in [-0.3, -0.25) is 10.2 Å². The third-order valence-electron chi connectivity index (χ3n) is 2.54. The summed E-state index contributed by atoms with van der Waals surface area (Å²) in [6.45, 7) is 0.0153. The molecule has 0 saturated carbocycles. The maximum atomic E-state index is 11.4. The fourth-order valence-corrected chi connectivity index (χ4v) is 1.80. The van der Waals surface area contributed by atoms with Crippen LogP contribution in [0.5, 0.6) is 5.75 Å². The van der Waals surface area contributed by atoms with Gasteiger partial charge in [-0.1, -0.05) is 11.6 Å². The first-order valence-electron chi connectivity index (χ1n) is 5.55. The molecule has 0 radical (unpaired) electrons. The van der Waals surface area contributed by atoms with E-state index >= 15 is 0 Å². The maximum Gasteiger partial charge on any atom is 0.268 e. The minimum atomic E-state index is -0.469. The van der Waals surface area contributed by atoms with E-state index in [0.29, 0.717) is 22.1 Å². The van der Waals surface area contributed by atoms with Gasteiger partial charge in [0.05, 0.1) is 28.5 Å². The molecule has 1 aromatic heterocycles. The van der Waals surface area contributed by atoms with E-state index in [0.717, 1.165) is 0 Å². The number of hydrogen-bond donors (Lipinski definition) is 2. The second-order valence-corrected chi connectivity index (χ2v) is 4.18. The van der Waals surface area contributed by atoms with Gasteiger partial charge >= 0.3 is 0 Å². The molecule has 0 fully saturated rings. The molecule has 102 valence electrons. The summed E-state index contributed by atoms with van der Waals surface area (Å²) in [4.78, 5) is 11.4. The zero-order chi connectivity index (χ0) is 14.5. The van der Waals surface area contributed by atoms with Crippen molar-refractivity contribution in [3.8, 4) is 11.8 Å². The monoisotopic (exact) mass is 291 g/mol. The van der Waals surface area contributed by atoms with Crippen molar-refractivity contribution in [1.82, 2.24) is 5.43 Å². The summed E-state index contributed by atoms with van der Waals surface area (Å²) in [7, 11) is 0. The van der Waals surface area contributed by atoms with Crippen molar-refractivity contribution in [2.75, 3.05) is 0 Å². The van der Waals surface area contributed by atoms with Crippen molar-refractivity contribution >= 4 is 17.5 Å². The number of amides is 1. The van der Waals surface area contributed by atoms with Gasteiger partial charge < -0.3 is 9.15 Å². The average Bonchev–Trinajstić information content (AvgIpc) is 2.93. The summed E-state index contributed by atoms with van der Waals surface area (Å²) < 4.78 is 10.6. The lowest BCUT2D eigenvalue weighted by atomic mass is 10.2. The van der Waals surface area contributed by atoms with Gasteiger partial charge in [0.15, 0.2) is 5.76 Å². The fourth-order valence-electron chi connectivity index (χ4n) is 1.56. The molecule has 0 atom stereocenters. The predicted molar refractivity (Wildman–Crippen MR) is 70.9 cm³/mol. The molecule has 6 nitrogen and oxygen atoms in total. The number of ether oxygens (including phenoxy) is 1. The predicted octanol–water partition coefficient (Wildman–Crippen LogP) is 1.99. The number of halogens is 1. The highest BCUT2D eigenvalue weighted by Crippen LogP contribution is 2.26. The van der Waals surface area contributed by atoms with Crippen LogP contribution in [0.15, 0.2) is 34.9 Å². The quantitative estimate of drug-likeness (QED) is 0.509. The number of nitrogen functional groups attached to an aromatic ring is 1. The lowest BCUT2D eigenvalue weighted by Gasteiger charge is -2.07. The van der Waals surface area contributed by atoms with Crippen LogP contribution in [0.4, 0.5) is 0 Å². The molecule has 1 amide bonds. The Morgan fingerprint density at radius 1 is 1.50 bits per heavy atom. The number of nitriles is 1. The molecule has 1 aromatic carbocycles. The van der Waals surface area contributed by atoms with Crippen LogP contribution in [0.1, 0.15) is 21.7 Å². The molecule has 0 saturated heterocycles. The molecule has 7 heteroatoms. The standard InChI is InChI=1S/C13H10ClN3O3/c14-10-5-8(6-15)1-2-11(10)20-7-12-9(3-4-19-12)13(18)17-16/h1-5H,7,16H2,(H,17,18). The number of hydrogen-bond acceptors (Lipinski definition) is 5. The summed E-state index contributed by atoms with van der Waals surface area (Å²) in [6.07, 6.45) is 1.36. The van der Waals surface area contributed by atoms with Crippen molar-refractivity contribution in [2.24, 2.45) is 5.84 Å². The van der Waals surface area contributed by atoms with Crippen LogP contribution in [-0.2, 0) is 6.61 Å². The lowest BCUT2D eigenvalue weighted by molar-refractivity contribution is 0.0949. The van der Waals surface area contributed by atoms with Gasteiger partial charge in [0.2, 0.25) is 0 Å². The second-order valence-electron chi connectivity index (χ2n) is 3.78. The van der Waals surface area contributed by atoms with Gasteiger partial charge in [0.25, 0.3) is 5.91 Å². The number of nitrogens with two attached hydrogens (primary N) is 1. The number of nitrogens with zero attached hydrogens (tertiary/aromatic N) is 1. The van der Waals surface area contributed by atoms with Crippen molar-refractivity contribution in [2.45, 2.75) is 6.61 Å². The third-order valence-corrected chi connectivity index (χ3v) is 2.84. The zero-order valence-corrected chi connectivity index (χ0v) is 11.0. The van der Waals surface area contributed by atoms with Crippen LogP contribution in [-0.4, -0.2) is 5.91 Å². The first-order chi connectivity index (χ1) is 9.65. The van der Waals surface area contributed by atoms with E-state index in [1.807, 2.05) is 11.5 Å². The van der Waals surface area contributed by atoms with E-state index < -0.39 is 5.91 Å². The molecule has 3 N–H and O–H groups in total. The van der Waals surface area contributed by atoms with Crippen molar-refractivity contribution < 1.29 is 13.9 Å². The Morgan fingerprint density at radius 2 is 2.30 bits per heavy atom. The van der Waals surface area contributed by atoms with Gasteiger partial charge in [0.1, 0.15) is 12.4 Å². The van der Waals surface area contributed by atoms with Crippen LogP contribution in [0.3, 0.4) is 0 Å². The Morgan fingerprint density at radius 3 is 2.95 bits per heavy atom. The van der Waals surface area contributed by atoms with Crippen LogP contribution >= 0.6 is 11.6 Å². The van der Waals surface area contributed by atoms with Crippen LogP contribution < -0.4 is 16.0 Å². The highest BCUT2D eigenvalue weighted by atomic mass is 35.5. The number of furan rings is 1. The molecule has 0 unspecified atom stereocenters. The average molecular weight is 292 g/mol. The van der Waals surface area contributed by atoms with Crippen LogP contribution in [0.2, 0.25) is 5.02 Å². The molecule has 20 heavy (non-hydrogen) atoms. The van der Waals surface area contributed by atoms with Crippen molar-refractivity contribution in [3.05, 3.63) is 52.4 Å². The van der Waals surface area contributed by atoms with Gasteiger partial charge in [-0.25, -0.2) is 5.84 Å².